The van der Waals surface area contributed by atoms with Crippen LogP contribution < -0.4 is 5.73 Å². The minimum atomic E-state index is 0.355. The number of nitrogens with two attached hydrogens (primary N) is 1. The molecule has 1 heterocycles. The number of nitrogens with zero attached hydrogens (tertiary/aromatic N) is 2. The van der Waals surface area contributed by atoms with Gasteiger partial charge in [0.25, 0.3) is 0 Å². The lowest BCUT2D eigenvalue weighted by Crippen LogP contribution is -2.24. The van der Waals surface area contributed by atoms with Gasteiger partial charge in [0.1, 0.15) is 5.52 Å². The Bertz CT molecular complexity index is 547. The molecule has 2 rings (SSSR count). The van der Waals surface area contributed by atoms with Crippen LogP contribution in [-0.4, -0.2) is 30.5 Å². The normalized spacial score (nSPS) is 15.1. The third kappa shape index (κ3) is 3.14. The van der Waals surface area contributed by atoms with Gasteiger partial charge >= 0.3 is 0 Å². The Balaban J connectivity index is 2.32. The summed E-state index contributed by atoms with van der Waals surface area (Å²) in [7, 11) is 4.20. The summed E-state index contributed by atoms with van der Waals surface area (Å²) in [6.45, 7) is 4.78. The highest BCUT2D eigenvalue weighted by Gasteiger charge is 2.18. The van der Waals surface area contributed by atoms with Crippen molar-refractivity contribution >= 4 is 11.1 Å². The van der Waals surface area contributed by atoms with Crippen LogP contribution in [0.3, 0.4) is 0 Å². The summed E-state index contributed by atoms with van der Waals surface area (Å²) < 4.78 is 5.62. The van der Waals surface area contributed by atoms with Gasteiger partial charge in [0.05, 0.1) is 0 Å². The molecule has 0 radical (unpaired) electrons. The first-order valence-corrected chi connectivity index (χ1v) is 6.75. The monoisotopic (exact) mass is 261 g/mol. The molecule has 0 bridgehead atoms. The minimum absolute atomic E-state index is 0.355. The van der Waals surface area contributed by atoms with Crippen molar-refractivity contribution in [1.29, 1.82) is 0 Å². The van der Waals surface area contributed by atoms with Crippen LogP contribution in [0.2, 0.25) is 0 Å². The van der Waals surface area contributed by atoms with Gasteiger partial charge in [-0.1, -0.05) is 13.0 Å². The molecule has 2 N–H and O–H groups in total. The van der Waals surface area contributed by atoms with Gasteiger partial charge in [-0.25, -0.2) is 4.98 Å². The first kappa shape index (κ1) is 14.0. The Labute approximate surface area is 114 Å². The van der Waals surface area contributed by atoms with Crippen molar-refractivity contribution in [3.8, 4) is 0 Å². The fraction of sp³-hybridized carbons (Fsp3) is 0.533. The molecular formula is C15H23N3O. The topological polar surface area (TPSA) is 55.3 Å². The van der Waals surface area contributed by atoms with Crippen LogP contribution in [0.5, 0.6) is 0 Å². The Morgan fingerprint density at radius 2 is 2.11 bits per heavy atom. The second-order valence-corrected chi connectivity index (χ2v) is 5.52. The van der Waals surface area contributed by atoms with Gasteiger partial charge in [0.15, 0.2) is 11.5 Å². The van der Waals surface area contributed by atoms with Crippen molar-refractivity contribution in [2.24, 2.45) is 11.7 Å². The third-order valence-corrected chi connectivity index (χ3v) is 3.56. The molecule has 4 heteroatoms. The van der Waals surface area contributed by atoms with E-state index in [2.05, 4.69) is 43.0 Å². The number of hydrogen-bond donors (Lipinski definition) is 1. The maximum Gasteiger partial charge on any atom is 0.192 e. The predicted molar refractivity (Wildman–Crippen MR) is 78.0 cm³/mol. The highest BCUT2D eigenvalue weighted by molar-refractivity contribution is 5.73. The molecule has 1 aromatic heterocycles. The maximum atomic E-state index is 5.75. The Morgan fingerprint density at radius 3 is 2.74 bits per heavy atom. The van der Waals surface area contributed by atoms with Crippen LogP contribution >= 0.6 is 0 Å². The van der Waals surface area contributed by atoms with Crippen LogP contribution in [0.25, 0.3) is 11.1 Å². The second-order valence-electron chi connectivity index (χ2n) is 5.52. The van der Waals surface area contributed by atoms with Crippen molar-refractivity contribution in [2.45, 2.75) is 26.3 Å². The molecule has 0 saturated carbocycles. The standard InChI is InChI=1S/C15H23N3O/c1-10(9-16)7-14(18(3)4)12-5-6-13-15(8-12)19-11(2)17-13/h5-6,8,10,14H,7,9,16H2,1-4H3. The number of aryl methyl sites for hydroxylation is 1. The lowest BCUT2D eigenvalue weighted by molar-refractivity contribution is 0.255. The van der Waals surface area contributed by atoms with Crippen LogP contribution in [0, 0.1) is 12.8 Å². The Hall–Kier alpha value is -1.39. The zero-order chi connectivity index (χ0) is 14.0. The molecule has 0 aliphatic carbocycles. The maximum absolute atomic E-state index is 5.75. The van der Waals surface area contributed by atoms with E-state index in [-0.39, 0.29) is 0 Å². The largest absolute Gasteiger partial charge is 0.441 e. The predicted octanol–water partition coefficient (Wildman–Crippen LogP) is 2.72. The molecule has 104 valence electrons. The smallest absolute Gasteiger partial charge is 0.192 e. The van der Waals surface area contributed by atoms with Crippen LogP contribution in [0.1, 0.15) is 30.8 Å². The number of benzene rings is 1. The van der Waals surface area contributed by atoms with Gasteiger partial charge in [-0.05, 0) is 50.7 Å². The van der Waals surface area contributed by atoms with Gasteiger partial charge in [0.2, 0.25) is 0 Å². The number of fused-ring (bicyclic) bond motifs is 1. The minimum Gasteiger partial charge on any atom is -0.441 e. The van der Waals surface area contributed by atoms with Crippen LogP contribution in [0.15, 0.2) is 22.6 Å². The van der Waals surface area contributed by atoms with Crippen molar-refractivity contribution in [3.05, 3.63) is 29.7 Å². The molecule has 19 heavy (non-hydrogen) atoms. The summed E-state index contributed by atoms with van der Waals surface area (Å²) >= 11 is 0. The number of hydrogen-bond acceptors (Lipinski definition) is 4. The summed E-state index contributed by atoms with van der Waals surface area (Å²) in [5, 5.41) is 0. The highest BCUT2D eigenvalue weighted by Crippen LogP contribution is 2.28. The van der Waals surface area contributed by atoms with E-state index < -0.39 is 0 Å². The SMILES string of the molecule is Cc1nc2ccc(C(CC(C)CN)N(C)C)cc2o1. The first-order valence-electron chi connectivity index (χ1n) is 6.75. The van der Waals surface area contributed by atoms with Gasteiger partial charge in [-0.15, -0.1) is 0 Å². The molecule has 0 aliphatic rings. The van der Waals surface area contributed by atoms with E-state index in [1.165, 1.54) is 5.56 Å². The van der Waals surface area contributed by atoms with Gasteiger partial charge in [-0.2, -0.15) is 0 Å². The Kier molecular flexibility index (Phi) is 4.22. The molecule has 2 unspecified atom stereocenters. The van der Waals surface area contributed by atoms with Crippen molar-refractivity contribution < 1.29 is 4.42 Å². The molecule has 1 aromatic carbocycles. The quantitative estimate of drug-likeness (QED) is 0.899. The van der Waals surface area contributed by atoms with E-state index in [1.54, 1.807) is 0 Å². The van der Waals surface area contributed by atoms with Crippen LogP contribution in [0.4, 0.5) is 0 Å². The lowest BCUT2D eigenvalue weighted by Gasteiger charge is -2.27. The van der Waals surface area contributed by atoms with Gasteiger partial charge in [0, 0.05) is 13.0 Å². The number of aromatic nitrogens is 1. The van der Waals surface area contributed by atoms with Gasteiger partial charge in [-0.3, -0.25) is 0 Å². The molecule has 0 amide bonds. The summed E-state index contributed by atoms with van der Waals surface area (Å²) in [4.78, 5) is 6.57. The number of rotatable bonds is 5. The van der Waals surface area contributed by atoms with E-state index in [0.717, 1.165) is 17.5 Å². The highest BCUT2D eigenvalue weighted by atomic mass is 16.3. The lowest BCUT2D eigenvalue weighted by atomic mass is 9.95. The fourth-order valence-corrected chi connectivity index (χ4v) is 2.39. The third-order valence-electron chi connectivity index (χ3n) is 3.56. The van der Waals surface area contributed by atoms with E-state index in [1.807, 2.05) is 13.0 Å². The van der Waals surface area contributed by atoms with Crippen molar-refractivity contribution in [2.75, 3.05) is 20.6 Å². The molecular weight excluding hydrogens is 238 g/mol. The zero-order valence-electron chi connectivity index (χ0n) is 12.2. The van der Waals surface area contributed by atoms with E-state index in [4.69, 9.17) is 10.2 Å². The van der Waals surface area contributed by atoms with E-state index >= 15 is 0 Å². The van der Waals surface area contributed by atoms with E-state index in [9.17, 15) is 0 Å². The summed E-state index contributed by atoms with van der Waals surface area (Å²) in [5.41, 5.74) is 8.79. The summed E-state index contributed by atoms with van der Waals surface area (Å²) in [6, 6.07) is 6.63. The molecule has 2 aromatic rings. The van der Waals surface area contributed by atoms with E-state index in [0.29, 0.717) is 24.4 Å². The van der Waals surface area contributed by atoms with Crippen LogP contribution in [-0.2, 0) is 0 Å². The number of oxazole rings is 1. The zero-order valence-corrected chi connectivity index (χ0v) is 12.2. The second kappa shape index (κ2) is 5.72. The van der Waals surface area contributed by atoms with Crippen molar-refractivity contribution in [3.63, 3.8) is 0 Å². The summed E-state index contributed by atoms with van der Waals surface area (Å²) in [6.07, 6.45) is 1.04. The molecule has 0 spiro atoms. The average molecular weight is 261 g/mol. The average Bonchev–Trinajstić information content (AvgIpc) is 2.74. The van der Waals surface area contributed by atoms with Gasteiger partial charge < -0.3 is 15.1 Å². The first-order chi connectivity index (χ1) is 9.01. The molecule has 2 atom stereocenters. The summed E-state index contributed by atoms with van der Waals surface area (Å²) in [5.74, 6) is 1.21. The molecule has 0 saturated heterocycles. The Morgan fingerprint density at radius 1 is 1.37 bits per heavy atom. The molecule has 0 fully saturated rings. The molecule has 0 aliphatic heterocycles. The van der Waals surface area contributed by atoms with Crippen molar-refractivity contribution in [1.82, 2.24) is 9.88 Å². The molecule has 4 nitrogen and oxygen atoms in total. The fourth-order valence-electron chi connectivity index (χ4n) is 2.39.